The highest BCUT2D eigenvalue weighted by Crippen LogP contribution is 2.33. The Morgan fingerprint density at radius 1 is 1.38 bits per heavy atom. The number of aliphatic hydroxyl groups excluding tert-OH is 1. The number of methoxy groups -OCH3 is 1. The lowest BCUT2D eigenvalue weighted by Crippen LogP contribution is -2.29. The first-order valence-corrected chi connectivity index (χ1v) is 6.73. The Balaban J connectivity index is 2.29. The molecule has 0 aliphatic heterocycles. The van der Waals surface area contributed by atoms with Crippen molar-refractivity contribution in [3.05, 3.63) is 41.7 Å². The van der Waals surface area contributed by atoms with Crippen LogP contribution < -0.4 is 15.2 Å². The Bertz CT molecular complexity index is 596. The van der Waals surface area contributed by atoms with E-state index in [9.17, 15) is 5.11 Å². The van der Waals surface area contributed by atoms with Crippen LogP contribution in [0.3, 0.4) is 0 Å². The van der Waals surface area contributed by atoms with E-state index in [1.165, 1.54) is 0 Å². The minimum atomic E-state index is -0.326. The van der Waals surface area contributed by atoms with Crippen LogP contribution in [0.5, 0.6) is 11.5 Å². The first kappa shape index (κ1) is 15.3. The second kappa shape index (κ2) is 6.60. The van der Waals surface area contributed by atoms with E-state index < -0.39 is 0 Å². The van der Waals surface area contributed by atoms with Gasteiger partial charge in [-0.25, -0.2) is 0 Å². The summed E-state index contributed by atoms with van der Waals surface area (Å²) >= 11 is 0. The number of hydrogen-bond donors (Lipinski definition) is 2. The van der Waals surface area contributed by atoms with E-state index in [-0.39, 0.29) is 18.8 Å². The third-order valence-electron chi connectivity index (χ3n) is 3.20. The minimum absolute atomic E-state index is 0.0457. The molecule has 6 heteroatoms. The lowest BCUT2D eigenvalue weighted by molar-refractivity contribution is 0.173. The van der Waals surface area contributed by atoms with Crippen molar-refractivity contribution in [1.29, 1.82) is 0 Å². The molecule has 21 heavy (non-hydrogen) atoms. The van der Waals surface area contributed by atoms with Gasteiger partial charge in [0, 0.05) is 24.8 Å². The quantitative estimate of drug-likeness (QED) is 0.840. The van der Waals surface area contributed by atoms with E-state index in [1.54, 1.807) is 36.2 Å². The molecule has 0 saturated carbocycles. The maximum absolute atomic E-state index is 9.17. The van der Waals surface area contributed by atoms with Gasteiger partial charge in [0.2, 0.25) is 0 Å². The molecule has 1 aromatic carbocycles. The average Bonchev–Trinajstić information content (AvgIpc) is 2.90. The molecule has 0 spiro atoms. The van der Waals surface area contributed by atoms with Crippen LogP contribution in [0, 0.1) is 0 Å². The van der Waals surface area contributed by atoms with Gasteiger partial charge in [-0.1, -0.05) is 6.07 Å². The SMILES string of the molecule is COc1cc(CO)ccc1OC(c1cnn(C)c1)C(C)N. The Labute approximate surface area is 124 Å². The van der Waals surface area contributed by atoms with Gasteiger partial charge in [0.25, 0.3) is 0 Å². The first-order chi connectivity index (χ1) is 10.0. The molecule has 2 unspecified atom stereocenters. The van der Waals surface area contributed by atoms with Gasteiger partial charge in [-0.05, 0) is 24.6 Å². The van der Waals surface area contributed by atoms with Crippen molar-refractivity contribution in [2.24, 2.45) is 12.8 Å². The average molecular weight is 291 g/mol. The van der Waals surface area contributed by atoms with Crippen LogP contribution in [0.1, 0.15) is 24.2 Å². The number of ether oxygens (including phenoxy) is 2. The summed E-state index contributed by atoms with van der Waals surface area (Å²) in [5, 5.41) is 13.3. The second-order valence-corrected chi connectivity index (χ2v) is 4.99. The Morgan fingerprint density at radius 3 is 2.67 bits per heavy atom. The number of aryl methyl sites for hydroxylation is 1. The summed E-state index contributed by atoms with van der Waals surface area (Å²) in [7, 11) is 3.41. The lowest BCUT2D eigenvalue weighted by atomic mass is 10.1. The Morgan fingerprint density at radius 2 is 2.14 bits per heavy atom. The van der Waals surface area contributed by atoms with Gasteiger partial charge in [0.15, 0.2) is 11.5 Å². The zero-order chi connectivity index (χ0) is 15.4. The molecule has 3 N–H and O–H groups in total. The molecule has 0 amide bonds. The fourth-order valence-corrected chi connectivity index (χ4v) is 2.11. The molecule has 0 aliphatic carbocycles. The highest BCUT2D eigenvalue weighted by molar-refractivity contribution is 5.43. The summed E-state index contributed by atoms with van der Waals surface area (Å²) in [6, 6.07) is 5.10. The standard InChI is InChI=1S/C15H21N3O3/c1-10(16)15(12-7-17-18(2)8-12)21-13-5-4-11(9-19)6-14(13)20-3/h4-8,10,15,19H,9,16H2,1-3H3. The molecule has 114 valence electrons. The summed E-state index contributed by atoms with van der Waals surface area (Å²) in [5.74, 6) is 1.15. The van der Waals surface area contributed by atoms with Gasteiger partial charge in [-0.2, -0.15) is 5.10 Å². The van der Waals surface area contributed by atoms with Crippen LogP contribution in [-0.4, -0.2) is 28.0 Å². The molecule has 0 radical (unpaired) electrons. The van der Waals surface area contributed by atoms with Crippen molar-refractivity contribution >= 4 is 0 Å². The Hall–Kier alpha value is -2.05. The first-order valence-electron chi connectivity index (χ1n) is 6.73. The molecule has 0 aliphatic rings. The Kier molecular flexibility index (Phi) is 4.82. The largest absolute Gasteiger partial charge is 0.493 e. The van der Waals surface area contributed by atoms with Crippen molar-refractivity contribution in [3.8, 4) is 11.5 Å². The number of aromatic nitrogens is 2. The summed E-state index contributed by atoms with van der Waals surface area (Å²) in [6.07, 6.45) is 3.29. The third-order valence-corrected chi connectivity index (χ3v) is 3.20. The predicted molar refractivity (Wildman–Crippen MR) is 79.1 cm³/mol. The predicted octanol–water partition coefficient (Wildman–Crippen LogP) is 1.39. The maximum Gasteiger partial charge on any atom is 0.162 e. The highest BCUT2D eigenvalue weighted by atomic mass is 16.5. The normalized spacial score (nSPS) is 13.8. The number of rotatable bonds is 6. The zero-order valence-corrected chi connectivity index (χ0v) is 12.5. The van der Waals surface area contributed by atoms with E-state index in [1.807, 2.05) is 20.2 Å². The molecule has 0 bridgehead atoms. The number of nitrogens with two attached hydrogens (primary N) is 1. The van der Waals surface area contributed by atoms with Crippen LogP contribution in [0.25, 0.3) is 0 Å². The van der Waals surface area contributed by atoms with Gasteiger partial charge in [0.05, 0.1) is 19.9 Å². The summed E-state index contributed by atoms with van der Waals surface area (Å²) in [5.41, 5.74) is 7.70. The van der Waals surface area contributed by atoms with Gasteiger partial charge in [-0.15, -0.1) is 0 Å². The molecular formula is C15H21N3O3. The van der Waals surface area contributed by atoms with E-state index in [0.29, 0.717) is 11.5 Å². The van der Waals surface area contributed by atoms with Crippen molar-refractivity contribution in [2.75, 3.05) is 7.11 Å². The fraction of sp³-hybridized carbons (Fsp3) is 0.400. The molecule has 6 nitrogen and oxygen atoms in total. The van der Waals surface area contributed by atoms with Crippen molar-refractivity contribution in [3.63, 3.8) is 0 Å². The van der Waals surface area contributed by atoms with Gasteiger partial charge in [-0.3, -0.25) is 4.68 Å². The van der Waals surface area contributed by atoms with Crippen molar-refractivity contribution in [2.45, 2.75) is 25.7 Å². The van der Waals surface area contributed by atoms with Crippen LogP contribution in [0.15, 0.2) is 30.6 Å². The minimum Gasteiger partial charge on any atom is -0.493 e. The lowest BCUT2D eigenvalue weighted by Gasteiger charge is -2.22. The molecular weight excluding hydrogens is 270 g/mol. The van der Waals surface area contributed by atoms with Crippen LogP contribution in [0.4, 0.5) is 0 Å². The second-order valence-electron chi connectivity index (χ2n) is 4.99. The van der Waals surface area contributed by atoms with Gasteiger partial charge in [0.1, 0.15) is 6.10 Å². The smallest absolute Gasteiger partial charge is 0.162 e. The van der Waals surface area contributed by atoms with E-state index in [2.05, 4.69) is 5.10 Å². The number of nitrogens with zero attached hydrogens (tertiary/aromatic N) is 2. The molecule has 1 heterocycles. The fourth-order valence-electron chi connectivity index (χ4n) is 2.11. The molecule has 2 rings (SSSR count). The van der Waals surface area contributed by atoms with E-state index >= 15 is 0 Å². The molecule has 1 aromatic heterocycles. The molecule has 2 atom stereocenters. The highest BCUT2D eigenvalue weighted by Gasteiger charge is 2.21. The monoisotopic (exact) mass is 291 g/mol. The van der Waals surface area contributed by atoms with Crippen LogP contribution >= 0.6 is 0 Å². The molecule has 0 saturated heterocycles. The number of benzene rings is 1. The summed E-state index contributed by atoms with van der Waals surface area (Å²) in [6.45, 7) is 1.84. The van der Waals surface area contributed by atoms with Crippen molar-refractivity contribution in [1.82, 2.24) is 9.78 Å². The maximum atomic E-state index is 9.17. The number of aliphatic hydroxyl groups is 1. The van der Waals surface area contributed by atoms with E-state index in [4.69, 9.17) is 15.2 Å². The van der Waals surface area contributed by atoms with E-state index in [0.717, 1.165) is 11.1 Å². The summed E-state index contributed by atoms with van der Waals surface area (Å²) in [4.78, 5) is 0. The molecule has 0 fully saturated rings. The number of hydrogen-bond acceptors (Lipinski definition) is 5. The zero-order valence-electron chi connectivity index (χ0n) is 12.5. The molecule has 2 aromatic rings. The van der Waals surface area contributed by atoms with Gasteiger partial charge >= 0.3 is 0 Å². The van der Waals surface area contributed by atoms with Crippen molar-refractivity contribution < 1.29 is 14.6 Å². The third kappa shape index (κ3) is 3.53. The topological polar surface area (TPSA) is 82.5 Å². The van der Waals surface area contributed by atoms with Gasteiger partial charge < -0.3 is 20.3 Å². The van der Waals surface area contributed by atoms with Crippen LogP contribution in [-0.2, 0) is 13.7 Å². The summed E-state index contributed by atoms with van der Waals surface area (Å²) < 4.78 is 13.0. The van der Waals surface area contributed by atoms with Crippen LogP contribution in [0.2, 0.25) is 0 Å².